The number of fused-ring (bicyclic) bond motifs is 1. The number of ether oxygens (including phenoxy) is 1. The van der Waals surface area contributed by atoms with Crippen molar-refractivity contribution in [1.82, 2.24) is 15.1 Å². The predicted molar refractivity (Wildman–Crippen MR) is 95.7 cm³/mol. The summed E-state index contributed by atoms with van der Waals surface area (Å²) in [5.74, 6) is -1.53. The third-order valence-electron chi connectivity index (χ3n) is 4.64. The highest BCUT2D eigenvalue weighted by molar-refractivity contribution is 5.96. The molecule has 1 atom stereocenters. The Hall–Kier alpha value is -2.67. The summed E-state index contributed by atoms with van der Waals surface area (Å²) in [6.07, 6.45) is 2.80. The molecule has 0 radical (unpaired) electrons. The average molecular weight is 357 g/mol. The van der Waals surface area contributed by atoms with Gasteiger partial charge in [-0.05, 0) is 38.3 Å². The van der Waals surface area contributed by atoms with E-state index in [1.54, 1.807) is 0 Å². The van der Waals surface area contributed by atoms with Crippen molar-refractivity contribution in [2.75, 3.05) is 13.7 Å². The van der Waals surface area contributed by atoms with Crippen LogP contribution in [-0.2, 0) is 22.4 Å². The lowest BCUT2D eigenvalue weighted by molar-refractivity contribution is -0.139. The van der Waals surface area contributed by atoms with Gasteiger partial charge in [0, 0.05) is 31.4 Å². The van der Waals surface area contributed by atoms with Gasteiger partial charge in [0.2, 0.25) is 0 Å². The number of hydrogen-bond acceptors (Lipinski definition) is 4. The van der Waals surface area contributed by atoms with Gasteiger partial charge in [-0.25, -0.2) is 9.48 Å². The number of carboxylic acids is 1. The molecule has 7 heteroatoms. The van der Waals surface area contributed by atoms with E-state index in [-0.39, 0.29) is 13.0 Å². The Kier molecular flexibility index (Phi) is 5.37. The van der Waals surface area contributed by atoms with Crippen LogP contribution in [0.4, 0.5) is 0 Å². The van der Waals surface area contributed by atoms with Crippen LogP contribution in [0.25, 0.3) is 5.69 Å². The number of carbonyl (C=O) groups is 2. The van der Waals surface area contributed by atoms with E-state index in [0.717, 1.165) is 41.8 Å². The molecule has 1 aliphatic rings. The summed E-state index contributed by atoms with van der Waals surface area (Å²) in [7, 11) is 1.50. The summed E-state index contributed by atoms with van der Waals surface area (Å²) >= 11 is 0. The molecule has 0 fully saturated rings. The first-order valence-corrected chi connectivity index (χ1v) is 8.71. The van der Waals surface area contributed by atoms with Gasteiger partial charge >= 0.3 is 5.97 Å². The Bertz CT molecular complexity index is 811. The molecule has 0 bridgehead atoms. The first kappa shape index (κ1) is 18.1. The number of methoxy groups -OCH3 is 1. The molecular formula is C19H23N3O4. The third kappa shape index (κ3) is 3.62. The van der Waals surface area contributed by atoms with Crippen molar-refractivity contribution in [3.05, 3.63) is 46.8 Å². The number of aromatic nitrogens is 2. The van der Waals surface area contributed by atoms with Crippen molar-refractivity contribution in [3.8, 4) is 5.69 Å². The zero-order valence-electron chi connectivity index (χ0n) is 15.0. The maximum absolute atomic E-state index is 12.7. The molecule has 2 aromatic rings. The second kappa shape index (κ2) is 7.70. The number of nitrogens with zero attached hydrogens (tertiary/aromatic N) is 2. The van der Waals surface area contributed by atoms with Crippen LogP contribution in [0.1, 0.15) is 40.2 Å². The maximum atomic E-state index is 12.7. The van der Waals surface area contributed by atoms with Crippen LogP contribution in [0.2, 0.25) is 0 Å². The highest BCUT2D eigenvalue weighted by atomic mass is 16.5. The number of carbonyl (C=O) groups excluding carboxylic acids is 1. The van der Waals surface area contributed by atoms with Gasteiger partial charge in [-0.2, -0.15) is 5.10 Å². The predicted octanol–water partition coefficient (Wildman–Crippen LogP) is 1.89. The lowest BCUT2D eigenvalue weighted by Crippen LogP contribution is -2.42. The summed E-state index contributed by atoms with van der Waals surface area (Å²) in [5.41, 5.74) is 4.32. The summed E-state index contributed by atoms with van der Waals surface area (Å²) < 4.78 is 6.73. The Morgan fingerprint density at radius 2 is 2.04 bits per heavy atom. The van der Waals surface area contributed by atoms with E-state index >= 15 is 0 Å². The molecule has 0 saturated carbocycles. The van der Waals surface area contributed by atoms with Crippen LogP contribution >= 0.6 is 0 Å². The normalized spacial score (nSPS) is 14.1. The van der Waals surface area contributed by atoms with Gasteiger partial charge < -0.3 is 15.2 Å². The average Bonchev–Trinajstić information content (AvgIpc) is 3.21. The third-order valence-corrected chi connectivity index (χ3v) is 4.64. The topological polar surface area (TPSA) is 93.5 Å². The fourth-order valence-corrected chi connectivity index (χ4v) is 3.24. The minimum atomic E-state index is -1.08. The van der Waals surface area contributed by atoms with Crippen LogP contribution in [0.5, 0.6) is 0 Å². The lowest BCUT2D eigenvalue weighted by Gasteiger charge is -2.13. The van der Waals surface area contributed by atoms with Crippen molar-refractivity contribution >= 4 is 11.9 Å². The fourth-order valence-electron chi connectivity index (χ4n) is 3.24. The quantitative estimate of drug-likeness (QED) is 0.789. The zero-order valence-corrected chi connectivity index (χ0v) is 15.0. The molecule has 0 saturated heterocycles. The van der Waals surface area contributed by atoms with Crippen molar-refractivity contribution in [2.45, 2.75) is 38.6 Å². The van der Waals surface area contributed by atoms with E-state index in [0.29, 0.717) is 5.69 Å². The number of amides is 1. The lowest BCUT2D eigenvalue weighted by atomic mass is 10.1. The fraction of sp³-hybridized carbons (Fsp3) is 0.421. The standard InChI is InChI=1S/C19H23N3O4/c1-12-6-8-13(9-7-12)22-16-5-3-4-14(16)17(21-22)18(23)20-15(19(24)25)10-11-26-2/h6-9,15H,3-5,10-11H2,1-2H3,(H,20,23)(H,24,25). The van der Waals surface area contributed by atoms with E-state index in [4.69, 9.17) is 4.74 Å². The van der Waals surface area contributed by atoms with Gasteiger partial charge in [0.1, 0.15) is 6.04 Å². The Morgan fingerprint density at radius 1 is 1.31 bits per heavy atom. The number of nitrogens with one attached hydrogen (secondary N) is 1. The first-order valence-electron chi connectivity index (χ1n) is 8.71. The zero-order chi connectivity index (χ0) is 18.7. The Balaban J connectivity index is 1.88. The molecular weight excluding hydrogens is 334 g/mol. The number of aliphatic carboxylic acids is 1. The SMILES string of the molecule is COCCC(NC(=O)c1nn(-c2ccc(C)cc2)c2c1CCC2)C(=O)O. The van der Waals surface area contributed by atoms with Gasteiger partial charge in [-0.3, -0.25) is 4.79 Å². The van der Waals surface area contributed by atoms with Gasteiger partial charge in [0.05, 0.1) is 5.69 Å². The van der Waals surface area contributed by atoms with Crippen LogP contribution in [0.3, 0.4) is 0 Å². The molecule has 2 N–H and O–H groups in total. The maximum Gasteiger partial charge on any atom is 0.326 e. The second-order valence-electron chi connectivity index (χ2n) is 6.52. The molecule has 1 aliphatic carbocycles. The van der Waals surface area contributed by atoms with E-state index in [2.05, 4.69) is 10.4 Å². The van der Waals surface area contributed by atoms with Gasteiger partial charge in [-0.1, -0.05) is 17.7 Å². The molecule has 138 valence electrons. The van der Waals surface area contributed by atoms with E-state index in [9.17, 15) is 14.7 Å². The van der Waals surface area contributed by atoms with E-state index in [1.807, 2.05) is 35.9 Å². The number of benzene rings is 1. The summed E-state index contributed by atoms with van der Waals surface area (Å²) in [6, 6.07) is 6.96. The van der Waals surface area contributed by atoms with Gasteiger partial charge in [0.25, 0.3) is 5.91 Å². The molecule has 0 spiro atoms. The van der Waals surface area contributed by atoms with Crippen molar-refractivity contribution in [1.29, 1.82) is 0 Å². The molecule has 26 heavy (non-hydrogen) atoms. The first-order chi connectivity index (χ1) is 12.5. The molecule has 1 aromatic carbocycles. The Morgan fingerprint density at radius 3 is 2.69 bits per heavy atom. The number of aryl methyl sites for hydroxylation is 1. The van der Waals surface area contributed by atoms with Crippen LogP contribution in [-0.4, -0.2) is 46.5 Å². The smallest absolute Gasteiger partial charge is 0.326 e. The molecule has 7 nitrogen and oxygen atoms in total. The molecule has 3 rings (SSSR count). The van der Waals surface area contributed by atoms with Crippen molar-refractivity contribution in [2.24, 2.45) is 0 Å². The molecule has 1 aromatic heterocycles. The molecule has 1 amide bonds. The minimum Gasteiger partial charge on any atom is -0.480 e. The minimum absolute atomic E-state index is 0.207. The number of rotatable bonds is 7. The van der Waals surface area contributed by atoms with Crippen molar-refractivity contribution < 1.29 is 19.4 Å². The van der Waals surface area contributed by atoms with Crippen LogP contribution in [0, 0.1) is 6.92 Å². The number of carboxylic acid groups (broad SMARTS) is 1. The summed E-state index contributed by atoms with van der Waals surface area (Å²) in [6.45, 7) is 2.27. The molecule has 0 aliphatic heterocycles. The van der Waals surface area contributed by atoms with E-state index < -0.39 is 17.9 Å². The summed E-state index contributed by atoms with van der Waals surface area (Å²) in [4.78, 5) is 24.1. The summed E-state index contributed by atoms with van der Waals surface area (Å²) in [5, 5.41) is 16.4. The highest BCUT2D eigenvalue weighted by Gasteiger charge is 2.29. The van der Waals surface area contributed by atoms with E-state index in [1.165, 1.54) is 7.11 Å². The van der Waals surface area contributed by atoms with Crippen LogP contribution in [0.15, 0.2) is 24.3 Å². The van der Waals surface area contributed by atoms with Gasteiger partial charge in [0.15, 0.2) is 5.69 Å². The van der Waals surface area contributed by atoms with Gasteiger partial charge in [-0.15, -0.1) is 0 Å². The highest BCUT2D eigenvalue weighted by Crippen LogP contribution is 2.28. The second-order valence-corrected chi connectivity index (χ2v) is 6.52. The van der Waals surface area contributed by atoms with Crippen molar-refractivity contribution in [3.63, 3.8) is 0 Å². The molecule has 1 unspecified atom stereocenters. The largest absolute Gasteiger partial charge is 0.480 e. The number of hydrogen-bond donors (Lipinski definition) is 2. The van der Waals surface area contributed by atoms with Crippen LogP contribution < -0.4 is 5.32 Å². The monoisotopic (exact) mass is 357 g/mol. The Labute approximate surface area is 152 Å². The molecule has 1 heterocycles.